The van der Waals surface area contributed by atoms with Crippen LogP contribution in [0.15, 0.2) is 59.1 Å². The number of nitrogens with zero attached hydrogens (tertiary/aromatic N) is 2. The van der Waals surface area contributed by atoms with Crippen molar-refractivity contribution in [2.45, 2.75) is 25.6 Å². The van der Waals surface area contributed by atoms with Crippen molar-refractivity contribution >= 4 is 50.3 Å². The van der Waals surface area contributed by atoms with Crippen LogP contribution in [0.1, 0.15) is 12.5 Å². The minimum Gasteiger partial charge on any atom is -0.496 e. The van der Waals surface area contributed by atoms with Crippen molar-refractivity contribution in [2.24, 2.45) is 0 Å². The second-order valence-electron chi connectivity index (χ2n) is 8.45. The van der Waals surface area contributed by atoms with Crippen LogP contribution in [0.5, 0.6) is 11.5 Å². The predicted octanol–water partition coefficient (Wildman–Crippen LogP) is 4.02. The van der Waals surface area contributed by atoms with E-state index in [9.17, 15) is 19.5 Å². The van der Waals surface area contributed by atoms with Crippen molar-refractivity contribution < 1.29 is 29.0 Å². The molecule has 4 rings (SSSR count). The van der Waals surface area contributed by atoms with Crippen molar-refractivity contribution in [3.05, 3.63) is 64.6 Å². The fourth-order valence-corrected chi connectivity index (χ4v) is 4.49. The van der Waals surface area contributed by atoms with Gasteiger partial charge in [0.05, 0.1) is 19.3 Å². The monoisotopic (exact) mass is 555 g/mol. The number of likely N-dealkylation sites (N-methyl/N-ethyl adjacent to an activating group) is 1. The summed E-state index contributed by atoms with van der Waals surface area (Å²) in [5.41, 5.74) is 1.36. The van der Waals surface area contributed by atoms with Gasteiger partial charge in [-0.2, -0.15) is 0 Å². The van der Waals surface area contributed by atoms with E-state index in [1.807, 2.05) is 36.4 Å². The molecule has 1 aliphatic rings. The average molecular weight is 556 g/mol. The van der Waals surface area contributed by atoms with Gasteiger partial charge in [-0.05, 0) is 48.0 Å². The number of fused-ring (bicyclic) bond motifs is 2. The molecule has 9 nitrogen and oxygen atoms in total. The van der Waals surface area contributed by atoms with Crippen molar-refractivity contribution in [1.29, 1.82) is 0 Å². The lowest BCUT2D eigenvalue weighted by Crippen LogP contribution is -2.55. The molecule has 0 spiro atoms. The molecule has 3 amide bonds. The van der Waals surface area contributed by atoms with Gasteiger partial charge >= 0.3 is 6.09 Å². The number of carbonyl (C=O) groups is 3. The first kappa shape index (κ1) is 25.3. The lowest BCUT2D eigenvalue weighted by atomic mass is 10.0. The maximum atomic E-state index is 13.8. The number of ether oxygens (including phenoxy) is 2. The summed E-state index contributed by atoms with van der Waals surface area (Å²) in [6, 6.07) is 14.8. The van der Waals surface area contributed by atoms with E-state index in [0.717, 1.165) is 25.7 Å². The Morgan fingerprint density at radius 3 is 2.72 bits per heavy atom. The number of carboxylic acid groups (broad SMARTS) is 1. The number of nitrogens with one attached hydrogen (secondary N) is 1. The summed E-state index contributed by atoms with van der Waals surface area (Å²) in [4.78, 5) is 40.3. The zero-order valence-electron chi connectivity index (χ0n) is 20.0. The summed E-state index contributed by atoms with van der Waals surface area (Å²) in [5, 5.41) is 13.8. The number of hydrogen-bond acceptors (Lipinski definition) is 5. The summed E-state index contributed by atoms with van der Waals surface area (Å²) < 4.78 is 12.5. The van der Waals surface area contributed by atoms with E-state index >= 15 is 0 Å². The van der Waals surface area contributed by atoms with Crippen LogP contribution in [0.4, 0.5) is 10.5 Å². The smallest absolute Gasteiger partial charge is 0.407 e. The van der Waals surface area contributed by atoms with Gasteiger partial charge in [-0.1, -0.05) is 40.2 Å². The standard InChI is InChI=1S/C26H26BrN3O6/c1-15(29(2)26(33)34)24(31)28-20-14-36-23-7-5-4-6-21(23)30(25(20)32)13-19-18-10-9-17(27)12-16(18)8-11-22(19)35-3/h4-12,15,20H,13-14H2,1-3H3,(H,28,31)(H,33,34)/t15?,20-/m0/s1. The third-order valence-corrected chi connectivity index (χ3v) is 6.78. The molecule has 3 aromatic carbocycles. The molecule has 0 aromatic heterocycles. The van der Waals surface area contributed by atoms with Crippen LogP contribution in [0, 0.1) is 0 Å². The molecule has 0 aliphatic carbocycles. The van der Waals surface area contributed by atoms with E-state index in [1.54, 1.807) is 30.2 Å². The zero-order valence-corrected chi connectivity index (χ0v) is 21.6. The number of amides is 3. The summed E-state index contributed by atoms with van der Waals surface area (Å²) in [7, 11) is 2.87. The molecule has 36 heavy (non-hydrogen) atoms. The van der Waals surface area contributed by atoms with Crippen LogP contribution in [0.25, 0.3) is 10.8 Å². The SMILES string of the molecule is COc1ccc2cc(Br)ccc2c1CN1C(=O)[C@@H](NC(=O)C(C)N(C)C(=O)O)COc2ccccc21. The van der Waals surface area contributed by atoms with Gasteiger partial charge in [-0.25, -0.2) is 4.79 Å². The molecule has 0 fully saturated rings. The first-order valence-corrected chi connectivity index (χ1v) is 12.0. The van der Waals surface area contributed by atoms with Gasteiger partial charge in [0.25, 0.3) is 5.91 Å². The van der Waals surface area contributed by atoms with E-state index in [0.29, 0.717) is 17.2 Å². The van der Waals surface area contributed by atoms with Crippen LogP contribution in [0.3, 0.4) is 0 Å². The maximum absolute atomic E-state index is 13.8. The van der Waals surface area contributed by atoms with Crippen LogP contribution < -0.4 is 19.7 Å². The number of carbonyl (C=O) groups excluding carboxylic acids is 2. The van der Waals surface area contributed by atoms with Crippen LogP contribution in [-0.2, 0) is 16.1 Å². The van der Waals surface area contributed by atoms with Gasteiger partial charge in [0.15, 0.2) is 0 Å². The minimum absolute atomic E-state index is 0.0960. The molecule has 1 unspecified atom stereocenters. The normalized spacial score (nSPS) is 15.9. The van der Waals surface area contributed by atoms with Gasteiger partial charge in [-0.3, -0.25) is 14.5 Å². The third-order valence-electron chi connectivity index (χ3n) is 6.29. The fraction of sp³-hybridized carbons (Fsp3) is 0.269. The zero-order chi connectivity index (χ0) is 26.0. The first-order chi connectivity index (χ1) is 17.2. The summed E-state index contributed by atoms with van der Waals surface area (Å²) in [5.74, 6) is 0.146. The van der Waals surface area contributed by atoms with Crippen LogP contribution in [-0.4, -0.2) is 60.8 Å². The van der Waals surface area contributed by atoms with Crippen molar-refractivity contribution in [3.63, 3.8) is 0 Å². The van der Waals surface area contributed by atoms with Crippen LogP contribution in [0.2, 0.25) is 0 Å². The molecule has 3 aromatic rings. The number of para-hydroxylation sites is 2. The van der Waals surface area contributed by atoms with Gasteiger partial charge in [0.2, 0.25) is 5.91 Å². The molecule has 0 saturated carbocycles. The first-order valence-electron chi connectivity index (χ1n) is 11.3. The Hall–Kier alpha value is -3.79. The quantitative estimate of drug-likeness (QED) is 0.475. The average Bonchev–Trinajstić information content (AvgIpc) is 2.99. The number of benzene rings is 3. The molecule has 2 atom stereocenters. The van der Waals surface area contributed by atoms with Crippen LogP contribution >= 0.6 is 15.9 Å². The molecule has 1 heterocycles. The van der Waals surface area contributed by atoms with Crippen molar-refractivity contribution in [1.82, 2.24) is 10.2 Å². The Labute approximate surface area is 216 Å². The topological polar surface area (TPSA) is 108 Å². The molecule has 1 aliphatic heterocycles. The minimum atomic E-state index is -1.25. The number of methoxy groups -OCH3 is 1. The van der Waals surface area contributed by atoms with Gasteiger partial charge in [0.1, 0.15) is 30.2 Å². The van der Waals surface area contributed by atoms with Gasteiger partial charge in [0, 0.05) is 17.1 Å². The predicted molar refractivity (Wildman–Crippen MR) is 139 cm³/mol. The van der Waals surface area contributed by atoms with Crippen molar-refractivity contribution in [2.75, 3.05) is 25.7 Å². The largest absolute Gasteiger partial charge is 0.496 e. The molecular weight excluding hydrogens is 530 g/mol. The number of rotatable bonds is 6. The molecular formula is C26H26BrN3O6. The molecule has 0 saturated heterocycles. The summed E-state index contributed by atoms with van der Waals surface area (Å²) in [6.07, 6.45) is -1.25. The number of halogens is 1. The Balaban J connectivity index is 1.72. The Bertz CT molecular complexity index is 1330. The number of hydrogen-bond donors (Lipinski definition) is 2. The van der Waals surface area contributed by atoms with Gasteiger partial charge in [-0.15, -0.1) is 0 Å². The Kier molecular flexibility index (Phi) is 7.35. The highest BCUT2D eigenvalue weighted by Gasteiger charge is 2.35. The van der Waals surface area contributed by atoms with E-state index < -0.39 is 24.1 Å². The Morgan fingerprint density at radius 2 is 2.00 bits per heavy atom. The lowest BCUT2D eigenvalue weighted by Gasteiger charge is -2.28. The number of anilines is 1. The third kappa shape index (κ3) is 4.94. The van der Waals surface area contributed by atoms with Gasteiger partial charge < -0.3 is 24.8 Å². The Morgan fingerprint density at radius 1 is 1.25 bits per heavy atom. The highest BCUT2D eigenvalue weighted by Crippen LogP contribution is 2.36. The van der Waals surface area contributed by atoms with E-state index in [1.165, 1.54) is 14.0 Å². The molecule has 0 radical (unpaired) electrons. The maximum Gasteiger partial charge on any atom is 0.407 e. The fourth-order valence-electron chi connectivity index (χ4n) is 4.11. The molecule has 2 N–H and O–H groups in total. The summed E-state index contributed by atoms with van der Waals surface area (Å²) >= 11 is 3.50. The van der Waals surface area contributed by atoms with Crippen molar-refractivity contribution in [3.8, 4) is 11.5 Å². The molecule has 0 bridgehead atoms. The highest BCUT2D eigenvalue weighted by molar-refractivity contribution is 9.10. The molecule has 188 valence electrons. The second kappa shape index (κ2) is 10.4. The second-order valence-corrected chi connectivity index (χ2v) is 9.36. The highest BCUT2D eigenvalue weighted by atomic mass is 79.9. The lowest BCUT2D eigenvalue weighted by molar-refractivity contribution is -0.130. The van der Waals surface area contributed by atoms with E-state index in [2.05, 4.69) is 21.2 Å². The van der Waals surface area contributed by atoms with E-state index in [4.69, 9.17) is 9.47 Å². The van der Waals surface area contributed by atoms with E-state index in [-0.39, 0.29) is 19.1 Å². The summed E-state index contributed by atoms with van der Waals surface area (Å²) in [6.45, 7) is 1.52. The molecule has 10 heteroatoms.